The number of esters is 1. The SMILES string of the molecule is C=Cc1cnc(-c2[nH]nc3ncc(F)cc23)nc1NC1C2CCC(CC2)C1C(=O)OC. The number of ether oxygens (including phenoxy) is 1. The lowest BCUT2D eigenvalue weighted by Crippen LogP contribution is -2.52. The average Bonchev–Trinajstić information content (AvgIpc) is 3.22. The second kappa shape index (κ2) is 7.72. The molecule has 3 aliphatic carbocycles. The molecule has 3 saturated carbocycles. The number of hydrogen-bond donors (Lipinski definition) is 2. The maximum Gasteiger partial charge on any atom is 0.311 e. The predicted octanol–water partition coefficient (Wildman–Crippen LogP) is 3.59. The van der Waals surface area contributed by atoms with E-state index in [9.17, 15) is 9.18 Å². The first kappa shape index (κ1) is 19.6. The van der Waals surface area contributed by atoms with Gasteiger partial charge in [-0.15, -0.1) is 0 Å². The van der Waals surface area contributed by atoms with Gasteiger partial charge in [-0.1, -0.05) is 12.7 Å². The number of aromatic nitrogens is 5. The number of carbonyl (C=O) groups is 1. The molecule has 160 valence electrons. The number of carbonyl (C=O) groups excluding carboxylic acids is 1. The van der Waals surface area contributed by atoms with Crippen molar-refractivity contribution >= 4 is 28.9 Å². The van der Waals surface area contributed by atoms with Gasteiger partial charge in [0.2, 0.25) is 0 Å². The maximum absolute atomic E-state index is 13.7. The zero-order valence-electron chi connectivity index (χ0n) is 17.1. The Kier molecular flexibility index (Phi) is 4.88. The number of anilines is 1. The normalized spacial score (nSPS) is 24.8. The van der Waals surface area contributed by atoms with E-state index in [0.29, 0.717) is 40.2 Å². The van der Waals surface area contributed by atoms with Crippen molar-refractivity contribution in [1.29, 1.82) is 0 Å². The molecule has 3 aromatic heterocycles. The number of pyridine rings is 1. The highest BCUT2D eigenvalue weighted by Gasteiger charge is 2.48. The van der Waals surface area contributed by atoms with E-state index >= 15 is 0 Å². The number of hydrogen-bond acceptors (Lipinski definition) is 7. The summed E-state index contributed by atoms with van der Waals surface area (Å²) in [6, 6.07) is 1.28. The summed E-state index contributed by atoms with van der Waals surface area (Å²) in [5, 5.41) is 11.0. The van der Waals surface area contributed by atoms with Crippen molar-refractivity contribution in [3.63, 3.8) is 0 Å². The average molecular weight is 422 g/mol. The van der Waals surface area contributed by atoms with E-state index in [1.165, 1.54) is 13.2 Å². The highest BCUT2D eigenvalue weighted by molar-refractivity contribution is 5.89. The van der Waals surface area contributed by atoms with Gasteiger partial charge in [0.1, 0.15) is 17.3 Å². The van der Waals surface area contributed by atoms with Crippen molar-refractivity contribution < 1.29 is 13.9 Å². The molecule has 8 nitrogen and oxygen atoms in total. The molecule has 3 aliphatic rings. The number of halogens is 1. The Morgan fingerprint density at radius 2 is 2.03 bits per heavy atom. The quantitative estimate of drug-likeness (QED) is 0.605. The van der Waals surface area contributed by atoms with Crippen LogP contribution >= 0.6 is 0 Å². The summed E-state index contributed by atoms with van der Waals surface area (Å²) in [4.78, 5) is 25.7. The van der Waals surface area contributed by atoms with Crippen LogP contribution in [-0.4, -0.2) is 44.3 Å². The molecule has 3 aromatic rings. The van der Waals surface area contributed by atoms with Crippen molar-refractivity contribution in [1.82, 2.24) is 25.1 Å². The molecule has 0 radical (unpaired) electrons. The molecule has 6 rings (SSSR count). The van der Waals surface area contributed by atoms with Gasteiger partial charge in [-0.25, -0.2) is 19.3 Å². The van der Waals surface area contributed by atoms with Crippen molar-refractivity contribution in [3.05, 3.63) is 36.4 Å². The Balaban J connectivity index is 1.53. The molecule has 2 atom stereocenters. The predicted molar refractivity (Wildman–Crippen MR) is 113 cm³/mol. The van der Waals surface area contributed by atoms with Gasteiger partial charge in [-0.2, -0.15) is 5.10 Å². The fourth-order valence-corrected chi connectivity index (χ4v) is 5.11. The Labute approximate surface area is 178 Å². The summed E-state index contributed by atoms with van der Waals surface area (Å²) >= 11 is 0. The van der Waals surface area contributed by atoms with Crippen molar-refractivity contribution in [2.24, 2.45) is 17.8 Å². The van der Waals surface area contributed by atoms with E-state index < -0.39 is 5.82 Å². The fraction of sp³-hybridized carbons (Fsp3) is 0.409. The zero-order chi connectivity index (χ0) is 21.5. The Hall–Kier alpha value is -3.36. The molecule has 0 aromatic carbocycles. The van der Waals surface area contributed by atoms with E-state index in [1.807, 2.05) is 0 Å². The van der Waals surface area contributed by atoms with Gasteiger partial charge in [-0.05, 0) is 43.6 Å². The Morgan fingerprint density at radius 1 is 1.26 bits per heavy atom. The van der Waals surface area contributed by atoms with Gasteiger partial charge in [0.05, 0.1) is 24.6 Å². The van der Waals surface area contributed by atoms with Gasteiger partial charge in [-0.3, -0.25) is 9.89 Å². The van der Waals surface area contributed by atoms with Crippen LogP contribution in [-0.2, 0) is 9.53 Å². The van der Waals surface area contributed by atoms with Gasteiger partial charge < -0.3 is 10.1 Å². The number of H-pyrrole nitrogens is 1. The Bertz CT molecular complexity index is 1150. The number of nitrogens with zero attached hydrogens (tertiary/aromatic N) is 4. The smallest absolute Gasteiger partial charge is 0.311 e. The van der Waals surface area contributed by atoms with Crippen LogP contribution in [0.5, 0.6) is 0 Å². The number of methoxy groups -OCH3 is 1. The summed E-state index contributed by atoms with van der Waals surface area (Å²) in [6.07, 6.45) is 8.69. The van der Waals surface area contributed by atoms with Crippen molar-refractivity contribution in [2.75, 3.05) is 12.4 Å². The number of fused-ring (bicyclic) bond motifs is 4. The molecule has 0 spiro atoms. The minimum atomic E-state index is -0.463. The van der Waals surface area contributed by atoms with Crippen LogP contribution in [0.2, 0.25) is 0 Å². The van der Waals surface area contributed by atoms with Crippen LogP contribution in [0.3, 0.4) is 0 Å². The van der Waals surface area contributed by atoms with E-state index in [0.717, 1.165) is 37.4 Å². The summed E-state index contributed by atoms with van der Waals surface area (Å²) in [7, 11) is 1.44. The Morgan fingerprint density at radius 3 is 2.77 bits per heavy atom. The molecule has 9 heteroatoms. The second-order valence-electron chi connectivity index (χ2n) is 8.22. The van der Waals surface area contributed by atoms with Crippen molar-refractivity contribution in [3.8, 4) is 11.5 Å². The topological polar surface area (TPSA) is 106 Å². The van der Waals surface area contributed by atoms with E-state index in [-0.39, 0.29) is 17.9 Å². The highest BCUT2D eigenvalue weighted by Crippen LogP contribution is 2.46. The summed E-state index contributed by atoms with van der Waals surface area (Å²) in [5.74, 6) is 0.778. The first-order chi connectivity index (χ1) is 15.1. The lowest BCUT2D eigenvalue weighted by molar-refractivity contribution is -0.152. The lowest BCUT2D eigenvalue weighted by atomic mass is 9.61. The molecule has 31 heavy (non-hydrogen) atoms. The number of nitrogens with one attached hydrogen (secondary N) is 2. The zero-order valence-corrected chi connectivity index (χ0v) is 17.1. The molecular weight excluding hydrogens is 399 g/mol. The molecule has 2 N–H and O–H groups in total. The monoisotopic (exact) mass is 422 g/mol. The van der Waals surface area contributed by atoms with Crippen LogP contribution < -0.4 is 5.32 Å². The molecule has 0 aliphatic heterocycles. The van der Waals surface area contributed by atoms with Gasteiger partial charge in [0.25, 0.3) is 0 Å². The van der Waals surface area contributed by atoms with Crippen molar-refractivity contribution in [2.45, 2.75) is 31.7 Å². The van der Waals surface area contributed by atoms with E-state index in [1.54, 1.807) is 12.3 Å². The summed E-state index contributed by atoms with van der Waals surface area (Å²) in [5.41, 5.74) is 1.59. The molecule has 3 fully saturated rings. The summed E-state index contributed by atoms with van der Waals surface area (Å²) in [6.45, 7) is 3.87. The molecule has 3 heterocycles. The third-order valence-electron chi connectivity index (χ3n) is 6.63. The van der Waals surface area contributed by atoms with Crippen LogP contribution in [0.4, 0.5) is 10.2 Å². The largest absolute Gasteiger partial charge is 0.469 e. The highest BCUT2D eigenvalue weighted by atomic mass is 19.1. The van der Waals surface area contributed by atoms with Crippen LogP contribution in [0.15, 0.2) is 25.0 Å². The van der Waals surface area contributed by atoms with Crippen LogP contribution in [0, 0.1) is 23.6 Å². The molecule has 0 saturated heterocycles. The number of rotatable bonds is 5. The van der Waals surface area contributed by atoms with Crippen LogP contribution in [0.1, 0.15) is 31.2 Å². The molecule has 0 amide bonds. The maximum atomic E-state index is 13.7. The lowest BCUT2D eigenvalue weighted by Gasteiger charge is -2.47. The van der Waals surface area contributed by atoms with E-state index in [4.69, 9.17) is 9.72 Å². The van der Waals surface area contributed by atoms with E-state index in [2.05, 4.69) is 32.1 Å². The third-order valence-corrected chi connectivity index (χ3v) is 6.63. The second-order valence-corrected chi connectivity index (χ2v) is 8.22. The minimum absolute atomic E-state index is 0.0703. The fourth-order valence-electron chi connectivity index (χ4n) is 5.11. The summed E-state index contributed by atoms with van der Waals surface area (Å²) < 4.78 is 18.9. The first-order valence-corrected chi connectivity index (χ1v) is 10.4. The van der Waals surface area contributed by atoms with Gasteiger partial charge in [0, 0.05) is 17.8 Å². The van der Waals surface area contributed by atoms with Gasteiger partial charge >= 0.3 is 5.97 Å². The standard InChI is InChI=1S/C22H23FN6O2/c1-3-11-9-24-21(18-15-8-14(23)10-25-20(15)29-28-18)27-19(11)26-17-13-6-4-12(5-7-13)16(17)22(30)31-2/h3,8-10,12-13,16-17H,1,4-7H2,2H3,(H,24,26,27)(H,25,28,29). The molecular formula is C22H23FN6O2. The minimum Gasteiger partial charge on any atom is -0.469 e. The number of aromatic amines is 1. The van der Waals surface area contributed by atoms with Crippen LogP contribution in [0.25, 0.3) is 28.6 Å². The van der Waals surface area contributed by atoms with Gasteiger partial charge in [0.15, 0.2) is 11.5 Å². The first-order valence-electron chi connectivity index (χ1n) is 10.4. The molecule has 2 unspecified atom stereocenters. The molecule has 2 bridgehead atoms. The third kappa shape index (κ3) is 3.34.